The Morgan fingerprint density at radius 2 is 1.76 bits per heavy atom. The molecule has 1 aromatic heterocycles. The van der Waals surface area contributed by atoms with Crippen LogP contribution in [0.2, 0.25) is 0 Å². The molecule has 0 bridgehead atoms. The van der Waals surface area contributed by atoms with Crippen LogP contribution in [0.25, 0.3) is 16.5 Å². The molecule has 0 spiro atoms. The topological polar surface area (TPSA) is 42.3 Å². The summed E-state index contributed by atoms with van der Waals surface area (Å²) in [5.74, 6) is -0.910. The van der Waals surface area contributed by atoms with Crippen LogP contribution in [-0.2, 0) is 10.0 Å². The first-order valence-corrected chi connectivity index (χ1v) is 11.1. The summed E-state index contributed by atoms with van der Waals surface area (Å²) >= 11 is 0. The number of rotatable bonds is 3. The van der Waals surface area contributed by atoms with Crippen LogP contribution in [-0.4, -0.2) is 36.4 Å². The fourth-order valence-electron chi connectivity index (χ4n) is 4.50. The summed E-state index contributed by atoms with van der Waals surface area (Å²) in [6, 6.07) is 9.33. The number of halogens is 2. The van der Waals surface area contributed by atoms with Crippen LogP contribution >= 0.6 is 0 Å². The Morgan fingerprint density at radius 3 is 2.55 bits per heavy atom. The average Bonchev–Trinajstić information content (AvgIpc) is 3.32. The first kappa shape index (κ1) is 18.5. The van der Waals surface area contributed by atoms with Gasteiger partial charge in [0.25, 0.3) is 10.0 Å². The molecular weight excluding hydrogens is 394 g/mol. The maximum Gasteiger partial charge on any atom is 0.268 e. The van der Waals surface area contributed by atoms with Crippen molar-refractivity contribution in [2.24, 2.45) is 0 Å². The molecule has 3 heterocycles. The van der Waals surface area contributed by atoms with Gasteiger partial charge in [-0.3, -0.25) is 4.90 Å². The number of hydrogen-bond acceptors (Lipinski definition) is 3. The molecule has 0 saturated carbocycles. The van der Waals surface area contributed by atoms with E-state index in [9.17, 15) is 17.2 Å². The first-order chi connectivity index (χ1) is 13.9. The maximum atomic E-state index is 14.0. The van der Waals surface area contributed by atoms with E-state index in [1.807, 2.05) is 0 Å². The lowest BCUT2D eigenvalue weighted by molar-refractivity contribution is 0.275. The molecule has 0 N–H and O–H groups in total. The fourth-order valence-corrected chi connectivity index (χ4v) is 5.87. The van der Waals surface area contributed by atoms with Gasteiger partial charge < -0.3 is 0 Å². The summed E-state index contributed by atoms with van der Waals surface area (Å²) in [6.45, 7) is 1.91. The summed E-state index contributed by atoms with van der Waals surface area (Å²) < 4.78 is 55.0. The number of hydrogen-bond donors (Lipinski definition) is 0. The standard InChI is InChI=1S/C22H20F2N2O2S/c23-16-3-6-19(7-4-16)29(27,28)26-14-21(20-13-17(24)5-8-22(20)26)15-9-11-25-10-1-2-18(25)12-15/h3-9,13-14,18H,1-2,10-12H2/t18-/m0/s1. The quantitative estimate of drug-likeness (QED) is 0.638. The summed E-state index contributed by atoms with van der Waals surface area (Å²) in [7, 11) is -3.94. The van der Waals surface area contributed by atoms with Gasteiger partial charge in [0.15, 0.2) is 0 Å². The zero-order valence-electron chi connectivity index (χ0n) is 15.7. The van der Waals surface area contributed by atoms with Gasteiger partial charge in [0.05, 0.1) is 10.4 Å². The lowest BCUT2D eigenvalue weighted by Gasteiger charge is -2.29. The van der Waals surface area contributed by atoms with Crippen LogP contribution in [0, 0.1) is 11.6 Å². The molecule has 1 atom stereocenters. The van der Waals surface area contributed by atoms with Crippen molar-refractivity contribution in [3.05, 3.63) is 71.9 Å². The minimum atomic E-state index is -3.94. The molecule has 5 rings (SSSR count). The Balaban J connectivity index is 1.67. The second-order valence-electron chi connectivity index (χ2n) is 7.68. The van der Waals surface area contributed by atoms with E-state index in [4.69, 9.17) is 0 Å². The van der Waals surface area contributed by atoms with Crippen molar-refractivity contribution in [2.75, 3.05) is 13.1 Å². The Bertz CT molecular complexity index is 1230. The highest BCUT2D eigenvalue weighted by Crippen LogP contribution is 2.37. The van der Waals surface area contributed by atoms with Crippen LogP contribution in [0.1, 0.15) is 24.8 Å². The second-order valence-corrected chi connectivity index (χ2v) is 9.50. The summed E-state index contributed by atoms with van der Waals surface area (Å²) in [6.07, 6.45) is 6.82. The van der Waals surface area contributed by atoms with Crippen molar-refractivity contribution >= 4 is 26.5 Å². The fraction of sp³-hybridized carbons (Fsp3) is 0.273. The van der Waals surface area contributed by atoms with Gasteiger partial charge in [-0.25, -0.2) is 21.2 Å². The summed E-state index contributed by atoms with van der Waals surface area (Å²) in [5.41, 5.74) is 2.22. The van der Waals surface area contributed by atoms with Gasteiger partial charge in [-0.2, -0.15) is 0 Å². The predicted molar refractivity (Wildman–Crippen MR) is 108 cm³/mol. The molecule has 150 valence electrons. The predicted octanol–water partition coefficient (Wildman–Crippen LogP) is 4.41. The maximum absolute atomic E-state index is 14.0. The van der Waals surface area contributed by atoms with E-state index in [2.05, 4.69) is 11.0 Å². The third kappa shape index (κ3) is 3.09. The lowest BCUT2D eigenvalue weighted by Crippen LogP contribution is -2.32. The van der Waals surface area contributed by atoms with Crippen molar-refractivity contribution in [3.8, 4) is 0 Å². The Hall–Kier alpha value is -2.51. The molecule has 1 saturated heterocycles. The molecule has 3 aromatic rings. The number of benzene rings is 2. The highest BCUT2D eigenvalue weighted by Gasteiger charge is 2.30. The zero-order valence-corrected chi connectivity index (χ0v) is 16.5. The van der Waals surface area contributed by atoms with Gasteiger partial charge in [-0.05, 0) is 73.8 Å². The summed E-state index contributed by atoms with van der Waals surface area (Å²) in [4.78, 5) is 2.42. The largest absolute Gasteiger partial charge is 0.296 e. The highest BCUT2D eigenvalue weighted by atomic mass is 32.2. The van der Waals surface area contributed by atoms with Crippen LogP contribution in [0.3, 0.4) is 0 Å². The van der Waals surface area contributed by atoms with Crippen molar-refractivity contribution in [2.45, 2.75) is 30.2 Å². The number of fused-ring (bicyclic) bond motifs is 2. The average molecular weight is 414 g/mol. The highest BCUT2D eigenvalue weighted by molar-refractivity contribution is 7.90. The van der Waals surface area contributed by atoms with Crippen molar-refractivity contribution in [1.82, 2.24) is 8.87 Å². The van der Waals surface area contributed by atoms with E-state index < -0.39 is 21.7 Å². The second kappa shape index (κ2) is 6.78. The molecule has 0 unspecified atom stereocenters. The van der Waals surface area contributed by atoms with Crippen LogP contribution in [0.5, 0.6) is 0 Å². The van der Waals surface area contributed by atoms with Gasteiger partial charge in [0, 0.05) is 29.7 Å². The molecule has 0 aliphatic carbocycles. The van der Waals surface area contributed by atoms with E-state index in [-0.39, 0.29) is 4.90 Å². The minimum Gasteiger partial charge on any atom is -0.296 e. The summed E-state index contributed by atoms with van der Waals surface area (Å²) in [5, 5.41) is 0.577. The smallest absolute Gasteiger partial charge is 0.268 e. The molecule has 4 nitrogen and oxygen atoms in total. The molecule has 7 heteroatoms. The van der Waals surface area contributed by atoms with Crippen LogP contribution in [0.4, 0.5) is 8.78 Å². The van der Waals surface area contributed by atoms with E-state index in [0.717, 1.165) is 49.2 Å². The van der Waals surface area contributed by atoms with Crippen molar-refractivity contribution in [1.29, 1.82) is 0 Å². The Labute approximate surface area is 168 Å². The molecule has 2 aromatic carbocycles. The van der Waals surface area contributed by atoms with E-state index in [0.29, 0.717) is 16.9 Å². The lowest BCUT2D eigenvalue weighted by atomic mass is 9.94. The van der Waals surface area contributed by atoms with Crippen molar-refractivity contribution in [3.63, 3.8) is 0 Å². The molecule has 2 aliphatic rings. The number of nitrogens with zero attached hydrogens (tertiary/aromatic N) is 2. The molecule has 29 heavy (non-hydrogen) atoms. The monoisotopic (exact) mass is 414 g/mol. The third-order valence-electron chi connectivity index (χ3n) is 5.98. The third-order valence-corrected chi connectivity index (χ3v) is 7.66. The van der Waals surface area contributed by atoms with E-state index in [1.54, 1.807) is 6.20 Å². The van der Waals surface area contributed by atoms with Crippen LogP contribution in [0.15, 0.2) is 59.6 Å². The SMILES string of the molecule is O=S(=O)(c1ccc(F)cc1)n1cc(C2=CCN3CCC[C@H]3C2)c2cc(F)ccc21. The Morgan fingerprint density at radius 1 is 1.00 bits per heavy atom. The molecule has 0 radical (unpaired) electrons. The van der Waals surface area contributed by atoms with Gasteiger partial charge >= 0.3 is 0 Å². The molecular formula is C22H20F2N2O2S. The van der Waals surface area contributed by atoms with E-state index in [1.165, 1.54) is 40.7 Å². The first-order valence-electron chi connectivity index (χ1n) is 9.69. The normalized spacial score (nSPS) is 20.1. The molecule has 0 amide bonds. The number of aromatic nitrogens is 1. The molecule has 1 fully saturated rings. The van der Waals surface area contributed by atoms with Gasteiger partial charge in [0.1, 0.15) is 11.6 Å². The van der Waals surface area contributed by atoms with E-state index >= 15 is 0 Å². The van der Waals surface area contributed by atoms with Crippen LogP contribution < -0.4 is 0 Å². The minimum absolute atomic E-state index is 0.00809. The Kier molecular flexibility index (Phi) is 4.33. The van der Waals surface area contributed by atoms with Gasteiger partial charge in [-0.15, -0.1) is 0 Å². The van der Waals surface area contributed by atoms with Gasteiger partial charge in [-0.1, -0.05) is 6.08 Å². The molecule has 2 aliphatic heterocycles. The van der Waals surface area contributed by atoms with Gasteiger partial charge in [0.2, 0.25) is 0 Å². The zero-order chi connectivity index (χ0) is 20.2. The van der Waals surface area contributed by atoms with Crippen molar-refractivity contribution < 1.29 is 17.2 Å².